The molecular weight excluding hydrogens is 392 g/mol. The Morgan fingerprint density at radius 1 is 0.333 bits per heavy atom. The van der Waals surface area contributed by atoms with E-state index in [4.69, 9.17) is 0 Å². The Kier molecular flexibility index (Phi) is 5.63. The third-order valence-electron chi connectivity index (χ3n) is 6.99. The van der Waals surface area contributed by atoms with Crippen molar-refractivity contribution in [3.8, 4) is 22.3 Å². The molecule has 0 aliphatic rings. The average Bonchev–Trinajstić information content (AvgIpc) is 2.80. The van der Waals surface area contributed by atoms with E-state index in [1.54, 1.807) is 10.4 Å². The molecular formula is C28H30Si2. The second-order valence-corrected chi connectivity index (χ2v) is 24.3. The highest BCUT2D eigenvalue weighted by molar-refractivity contribution is 7.49. The van der Waals surface area contributed by atoms with Crippen LogP contribution in [0.25, 0.3) is 22.3 Å². The van der Waals surface area contributed by atoms with Gasteiger partial charge in [-0.05, 0) is 22.3 Å². The number of benzene rings is 4. The van der Waals surface area contributed by atoms with Crippen molar-refractivity contribution < 1.29 is 0 Å². The highest BCUT2D eigenvalue weighted by Crippen LogP contribution is 2.24. The van der Waals surface area contributed by atoms with E-state index >= 15 is 0 Å². The number of hydrogen-bond acceptors (Lipinski definition) is 0. The Labute approximate surface area is 183 Å². The predicted octanol–water partition coefficient (Wildman–Crippen LogP) is 6.63. The van der Waals surface area contributed by atoms with E-state index in [9.17, 15) is 0 Å². The van der Waals surface area contributed by atoms with E-state index in [0.29, 0.717) is 0 Å². The van der Waals surface area contributed by atoms with Crippen LogP contribution in [-0.2, 0) is 0 Å². The second-order valence-electron chi connectivity index (χ2n) is 9.14. The normalized spacial score (nSPS) is 12.0. The van der Waals surface area contributed by atoms with Gasteiger partial charge in [-0.15, -0.1) is 0 Å². The fourth-order valence-electron chi connectivity index (χ4n) is 4.14. The first-order valence-electron chi connectivity index (χ1n) is 10.7. The number of hydrogen-bond donors (Lipinski definition) is 0. The Hall–Kier alpha value is -2.69. The van der Waals surface area contributed by atoms with Crippen LogP contribution in [0, 0.1) is 0 Å². The molecule has 0 atom stereocenters. The van der Waals surface area contributed by atoms with Gasteiger partial charge in [0, 0.05) is 0 Å². The summed E-state index contributed by atoms with van der Waals surface area (Å²) in [6, 6.07) is 40.1. The summed E-state index contributed by atoms with van der Waals surface area (Å²) in [7, 11) is -3.26. The highest BCUT2D eigenvalue weighted by Gasteiger charge is 2.43. The van der Waals surface area contributed by atoms with E-state index in [0.717, 1.165) is 0 Å². The first kappa shape index (κ1) is 20.6. The molecule has 0 nitrogen and oxygen atoms in total. The van der Waals surface area contributed by atoms with Crippen molar-refractivity contribution in [2.24, 2.45) is 0 Å². The molecule has 150 valence electrons. The van der Waals surface area contributed by atoms with Gasteiger partial charge in [0.15, 0.2) is 0 Å². The van der Waals surface area contributed by atoms with Gasteiger partial charge in [0.05, 0.1) is 15.2 Å². The van der Waals surface area contributed by atoms with Crippen LogP contribution in [0.15, 0.2) is 109 Å². The summed E-state index contributed by atoms with van der Waals surface area (Å²) in [6.45, 7) is 10.2. The van der Waals surface area contributed by atoms with Crippen molar-refractivity contribution in [1.82, 2.24) is 0 Å². The van der Waals surface area contributed by atoms with Gasteiger partial charge in [0.25, 0.3) is 0 Å². The molecule has 0 saturated carbocycles. The molecule has 0 radical (unpaired) electrons. The lowest BCUT2D eigenvalue weighted by Crippen LogP contribution is -2.69. The lowest BCUT2D eigenvalue weighted by Gasteiger charge is -2.39. The molecule has 30 heavy (non-hydrogen) atoms. The topological polar surface area (TPSA) is 0 Å². The molecule has 4 aromatic carbocycles. The average molecular weight is 423 g/mol. The van der Waals surface area contributed by atoms with Crippen LogP contribution in [0.2, 0.25) is 26.2 Å². The molecule has 0 aliphatic heterocycles. The zero-order valence-corrected chi connectivity index (χ0v) is 20.4. The molecule has 2 heteroatoms. The quantitative estimate of drug-likeness (QED) is 0.317. The van der Waals surface area contributed by atoms with E-state index in [2.05, 4.69) is 135 Å². The molecule has 0 saturated heterocycles. The summed E-state index contributed by atoms with van der Waals surface area (Å²) in [5.74, 6) is 0. The van der Waals surface area contributed by atoms with Crippen LogP contribution in [0.1, 0.15) is 0 Å². The SMILES string of the molecule is C[Si](C)(c1ccc(-c2ccccc2)cc1)[Si](C)(C)c1ccc(-c2ccccc2)cc1. The summed E-state index contributed by atoms with van der Waals surface area (Å²) in [4.78, 5) is 0. The van der Waals surface area contributed by atoms with Crippen LogP contribution in [0.3, 0.4) is 0 Å². The maximum Gasteiger partial charge on any atom is 0.0791 e. The van der Waals surface area contributed by atoms with Gasteiger partial charge in [0.1, 0.15) is 0 Å². The molecule has 0 bridgehead atoms. The largest absolute Gasteiger partial charge is 0.0791 e. The summed E-state index contributed by atoms with van der Waals surface area (Å²) >= 11 is 0. The lowest BCUT2D eigenvalue weighted by atomic mass is 10.1. The Bertz CT molecular complexity index is 1000. The summed E-state index contributed by atoms with van der Waals surface area (Å²) in [5.41, 5.74) is 5.18. The maximum absolute atomic E-state index is 2.56. The van der Waals surface area contributed by atoms with E-state index in [1.807, 2.05) is 0 Å². The highest BCUT2D eigenvalue weighted by atomic mass is 29.3. The monoisotopic (exact) mass is 422 g/mol. The molecule has 0 spiro atoms. The van der Waals surface area contributed by atoms with Crippen LogP contribution in [0.5, 0.6) is 0 Å². The van der Waals surface area contributed by atoms with Crippen LogP contribution >= 0.6 is 0 Å². The fraction of sp³-hybridized carbons (Fsp3) is 0.143. The van der Waals surface area contributed by atoms with Crippen molar-refractivity contribution in [3.63, 3.8) is 0 Å². The van der Waals surface area contributed by atoms with Gasteiger partial charge in [0.2, 0.25) is 0 Å². The Balaban J connectivity index is 1.62. The van der Waals surface area contributed by atoms with Crippen LogP contribution in [-0.4, -0.2) is 15.2 Å². The van der Waals surface area contributed by atoms with Crippen molar-refractivity contribution in [3.05, 3.63) is 109 Å². The van der Waals surface area contributed by atoms with Crippen LogP contribution < -0.4 is 10.4 Å². The van der Waals surface area contributed by atoms with Gasteiger partial charge >= 0.3 is 0 Å². The fourth-order valence-corrected chi connectivity index (χ4v) is 12.9. The summed E-state index contributed by atoms with van der Waals surface area (Å²) in [6.07, 6.45) is 0. The van der Waals surface area contributed by atoms with E-state index in [-0.39, 0.29) is 0 Å². The number of rotatable bonds is 5. The molecule has 0 unspecified atom stereocenters. The standard InChI is InChI=1S/C28H30Si2/c1-29(2,27-19-15-25(16-20-27)23-11-7-5-8-12-23)30(3,4)28-21-17-26(18-22-28)24-13-9-6-10-14-24/h5-22H,1-4H3. The van der Waals surface area contributed by atoms with Crippen LogP contribution in [0.4, 0.5) is 0 Å². The third kappa shape index (κ3) is 3.85. The third-order valence-corrected chi connectivity index (χ3v) is 24.8. The van der Waals surface area contributed by atoms with Gasteiger partial charge in [-0.1, -0.05) is 146 Å². The van der Waals surface area contributed by atoms with Gasteiger partial charge in [-0.25, -0.2) is 0 Å². The molecule has 4 rings (SSSR count). The summed E-state index contributed by atoms with van der Waals surface area (Å²) < 4.78 is 0. The van der Waals surface area contributed by atoms with E-state index < -0.39 is 15.2 Å². The van der Waals surface area contributed by atoms with E-state index in [1.165, 1.54) is 22.3 Å². The maximum atomic E-state index is 2.56. The predicted molar refractivity (Wildman–Crippen MR) is 138 cm³/mol. The Morgan fingerprint density at radius 3 is 0.900 bits per heavy atom. The Morgan fingerprint density at radius 2 is 0.600 bits per heavy atom. The minimum Gasteiger partial charge on any atom is -0.0671 e. The molecule has 4 aromatic rings. The first-order valence-corrected chi connectivity index (χ1v) is 17.7. The minimum atomic E-state index is -1.63. The molecule has 0 fully saturated rings. The van der Waals surface area contributed by atoms with Gasteiger partial charge < -0.3 is 0 Å². The molecule has 0 amide bonds. The zero-order valence-electron chi connectivity index (χ0n) is 18.4. The van der Waals surface area contributed by atoms with Gasteiger partial charge in [-0.3, -0.25) is 0 Å². The molecule has 0 heterocycles. The molecule has 0 aromatic heterocycles. The first-order chi connectivity index (χ1) is 14.4. The minimum absolute atomic E-state index is 1.29. The lowest BCUT2D eigenvalue weighted by molar-refractivity contribution is 1.61. The van der Waals surface area contributed by atoms with Crippen molar-refractivity contribution in [2.75, 3.05) is 0 Å². The zero-order chi connectivity index (χ0) is 21.2. The summed E-state index contributed by atoms with van der Waals surface area (Å²) in [5, 5.41) is 3.12. The smallest absolute Gasteiger partial charge is 0.0671 e. The van der Waals surface area contributed by atoms with Gasteiger partial charge in [-0.2, -0.15) is 0 Å². The molecule has 0 N–H and O–H groups in total. The van der Waals surface area contributed by atoms with Crippen molar-refractivity contribution in [1.29, 1.82) is 0 Å². The van der Waals surface area contributed by atoms with Crippen molar-refractivity contribution in [2.45, 2.75) is 26.2 Å². The second kappa shape index (κ2) is 8.21. The van der Waals surface area contributed by atoms with Crippen molar-refractivity contribution >= 4 is 25.6 Å². The molecule has 0 aliphatic carbocycles.